The molecule has 0 aromatic carbocycles. The lowest BCUT2D eigenvalue weighted by Crippen LogP contribution is -2.57. The van der Waals surface area contributed by atoms with Crippen LogP contribution in [0.15, 0.2) is 0 Å². The number of piperidine rings is 2. The van der Waals surface area contributed by atoms with Gasteiger partial charge in [-0.3, -0.25) is 9.59 Å². The molecule has 0 aromatic rings. The van der Waals surface area contributed by atoms with Gasteiger partial charge in [-0.25, -0.2) is 0 Å². The number of likely N-dealkylation sites (tertiary alicyclic amines) is 1. The number of ether oxygens (including phenoxy) is 1. The first kappa shape index (κ1) is 16.7. The Morgan fingerprint density at radius 2 is 1.83 bits per heavy atom. The smallest absolute Gasteiger partial charge is 0.245 e. The van der Waals surface area contributed by atoms with Crippen molar-refractivity contribution in [2.45, 2.75) is 51.1 Å². The van der Waals surface area contributed by atoms with Gasteiger partial charge in [0.2, 0.25) is 11.8 Å². The molecule has 6 nitrogen and oxygen atoms in total. The molecule has 3 heterocycles. The summed E-state index contributed by atoms with van der Waals surface area (Å²) in [5.74, 6) is 0.400. The maximum absolute atomic E-state index is 13.0. The van der Waals surface area contributed by atoms with E-state index in [1.165, 1.54) is 0 Å². The van der Waals surface area contributed by atoms with Crippen LogP contribution in [0.1, 0.15) is 39.0 Å². The summed E-state index contributed by atoms with van der Waals surface area (Å²) in [5.41, 5.74) is 0. The molecule has 130 valence electrons. The zero-order valence-corrected chi connectivity index (χ0v) is 14.1. The van der Waals surface area contributed by atoms with Gasteiger partial charge < -0.3 is 19.9 Å². The molecule has 23 heavy (non-hydrogen) atoms. The van der Waals surface area contributed by atoms with Gasteiger partial charge in [0.1, 0.15) is 6.04 Å². The zero-order chi connectivity index (χ0) is 16.2. The SMILES string of the molecule is C[C@H]1C[C@@H](C(=O)N2CCCCC2C(=O)N2CCOCC2)CCN1. The highest BCUT2D eigenvalue weighted by Crippen LogP contribution is 2.25. The summed E-state index contributed by atoms with van der Waals surface area (Å²) >= 11 is 0. The van der Waals surface area contributed by atoms with E-state index in [9.17, 15) is 9.59 Å². The second-order valence-corrected chi connectivity index (χ2v) is 7.06. The third-order valence-electron chi connectivity index (χ3n) is 5.37. The average Bonchev–Trinajstić information content (AvgIpc) is 2.61. The summed E-state index contributed by atoms with van der Waals surface area (Å²) in [6.45, 7) is 6.29. The van der Waals surface area contributed by atoms with Crippen LogP contribution in [0.25, 0.3) is 0 Å². The summed E-state index contributed by atoms with van der Waals surface area (Å²) in [6.07, 6.45) is 4.63. The van der Waals surface area contributed by atoms with Crippen LogP contribution in [0.5, 0.6) is 0 Å². The second-order valence-electron chi connectivity index (χ2n) is 7.06. The minimum atomic E-state index is -0.250. The molecular weight excluding hydrogens is 294 g/mol. The first-order valence-electron chi connectivity index (χ1n) is 9.07. The predicted octanol–water partition coefficient (Wildman–Crippen LogP) is 0.614. The first-order chi connectivity index (χ1) is 11.2. The van der Waals surface area contributed by atoms with Gasteiger partial charge in [0, 0.05) is 31.6 Å². The highest BCUT2D eigenvalue weighted by molar-refractivity contribution is 5.89. The fourth-order valence-corrected chi connectivity index (χ4v) is 4.04. The van der Waals surface area contributed by atoms with Gasteiger partial charge in [-0.1, -0.05) is 0 Å². The molecule has 3 saturated heterocycles. The molecule has 3 atom stereocenters. The third-order valence-corrected chi connectivity index (χ3v) is 5.37. The van der Waals surface area contributed by atoms with Crippen molar-refractivity contribution in [3.63, 3.8) is 0 Å². The van der Waals surface area contributed by atoms with Gasteiger partial charge in [0.05, 0.1) is 13.2 Å². The van der Waals surface area contributed by atoms with Crippen molar-refractivity contribution in [1.29, 1.82) is 0 Å². The lowest BCUT2D eigenvalue weighted by atomic mass is 9.90. The lowest BCUT2D eigenvalue weighted by molar-refractivity contribution is -0.152. The van der Waals surface area contributed by atoms with Crippen LogP contribution < -0.4 is 5.32 Å². The average molecular weight is 323 g/mol. The van der Waals surface area contributed by atoms with Gasteiger partial charge >= 0.3 is 0 Å². The molecule has 1 N–H and O–H groups in total. The summed E-state index contributed by atoms with van der Waals surface area (Å²) in [5, 5.41) is 3.40. The monoisotopic (exact) mass is 323 g/mol. The summed E-state index contributed by atoms with van der Waals surface area (Å²) < 4.78 is 5.34. The predicted molar refractivity (Wildman–Crippen MR) is 86.9 cm³/mol. The Balaban J connectivity index is 1.67. The van der Waals surface area contributed by atoms with Crippen LogP contribution in [0.4, 0.5) is 0 Å². The number of nitrogens with one attached hydrogen (secondary N) is 1. The van der Waals surface area contributed by atoms with E-state index in [0.29, 0.717) is 32.3 Å². The van der Waals surface area contributed by atoms with Crippen LogP contribution in [-0.2, 0) is 14.3 Å². The maximum atomic E-state index is 13.0. The molecule has 0 bridgehead atoms. The van der Waals surface area contributed by atoms with Crippen LogP contribution in [0, 0.1) is 5.92 Å². The number of rotatable bonds is 2. The van der Waals surface area contributed by atoms with E-state index in [1.807, 2.05) is 9.80 Å². The Morgan fingerprint density at radius 3 is 2.57 bits per heavy atom. The summed E-state index contributed by atoms with van der Waals surface area (Å²) in [7, 11) is 0. The highest BCUT2D eigenvalue weighted by Gasteiger charge is 2.38. The minimum Gasteiger partial charge on any atom is -0.378 e. The number of hydrogen-bond acceptors (Lipinski definition) is 4. The first-order valence-corrected chi connectivity index (χ1v) is 9.07. The number of carbonyl (C=O) groups excluding carboxylic acids is 2. The number of carbonyl (C=O) groups is 2. The molecule has 3 aliphatic heterocycles. The maximum Gasteiger partial charge on any atom is 0.245 e. The van der Waals surface area contributed by atoms with E-state index in [4.69, 9.17) is 4.74 Å². The topological polar surface area (TPSA) is 61.9 Å². The molecule has 0 spiro atoms. The normalized spacial score (nSPS) is 32.7. The largest absolute Gasteiger partial charge is 0.378 e. The molecule has 3 aliphatic rings. The number of nitrogens with zero attached hydrogens (tertiary/aromatic N) is 2. The molecule has 3 fully saturated rings. The van der Waals surface area contributed by atoms with Crippen molar-refractivity contribution < 1.29 is 14.3 Å². The quantitative estimate of drug-likeness (QED) is 0.809. The molecule has 0 aromatic heterocycles. The van der Waals surface area contributed by atoms with E-state index < -0.39 is 0 Å². The minimum absolute atomic E-state index is 0.0735. The van der Waals surface area contributed by atoms with Crippen molar-refractivity contribution >= 4 is 11.8 Å². The molecule has 0 saturated carbocycles. The molecule has 0 radical (unpaired) electrons. The number of hydrogen-bond donors (Lipinski definition) is 1. The third kappa shape index (κ3) is 3.86. The van der Waals surface area contributed by atoms with E-state index >= 15 is 0 Å². The van der Waals surface area contributed by atoms with Gasteiger partial charge in [0.15, 0.2) is 0 Å². The van der Waals surface area contributed by atoms with Crippen LogP contribution in [0.3, 0.4) is 0 Å². The van der Waals surface area contributed by atoms with E-state index in [1.54, 1.807) is 0 Å². The molecule has 1 unspecified atom stereocenters. The van der Waals surface area contributed by atoms with Crippen LogP contribution in [0.2, 0.25) is 0 Å². The van der Waals surface area contributed by atoms with Crippen LogP contribution >= 0.6 is 0 Å². The summed E-state index contributed by atoms with van der Waals surface area (Å²) in [6, 6.07) is 0.135. The Morgan fingerprint density at radius 1 is 1.04 bits per heavy atom. The number of amides is 2. The zero-order valence-electron chi connectivity index (χ0n) is 14.1. The van der Waals surface area contributed by atoms with Crippen molar-refractivity contribution in [2.75, 3.05) is 39.4 Å². The van der Waals surface area contributed by atoms with E-state index in [-0.39, 0.29) is 23.8 Å². The molecular formula is C17H29N3O3. The van der Waals surface area contributed by atoms with Crippen molar-refractivity contribution in [3.8, 4) is 0 Å². The second kappa shape index (κ2) is 7.62. The van der Waals surface area contributed by atoms with Gasteiger partial charge in [-0.2, -0.15) is 0 Å². The molecule has 3 rings (SSSR count). The fraction of sp³-hybridized carbons (Fsp3) is 0.882. The Hall–Kier alpha value is -1.14. The molecule has 2 amide bonds. The van der Waals surface area contributed by atoms with Crippen LogP contribution in [-0.4, -0.2) is 73.1 Å². The van der Waals surface area contributed by atoms with E-state index in [2.05, 4.69) is 12.2 Å². The van der Waals surface area contributed by atoms with Gasteiger partial charge in [0.25, 0.3) is 0 Å². The lowest BCUT2D eigenvalue weighted by Gasteiger charge is -2.41. The van der Waals surface area contributed by atoms with Crippen molar-refractivity contribution in [2.24, 2.45) is 5.92 Å². The Kier molecular flexibility index (Phi) is 5.54. The summed E-state index contributed by atoms with van der Waals surface area (Å²) in [4.78, 5) is 29.7. The van der Waals surface area contributed by atoms with Crippen molar-refractivity contribution in [1.82, 2.24) is 15.1 Å². The standard InChI is InChI=1S/C17H29N3O3/c1-13-12-14(5-6-18-13)16(21)20-7-3-2-4-15(20)17(22)19-8-10-23-11-9-19/h13-15,18H,2-12H2,1H3/t13-,14-,15?/m0/s1. The van der Waals surface area contributed by atoms with E-state index in [0.717, 1.165) is 45.2 Å². The Labute approximate surface area is 138 Å². The Bertz CT molecular complexity index is 437. The number of morpholine rings is 1. The highest BCUT2D eigenvalue weighted by atomic mass is 16.5. The van der Waals surface area contributed by atoms with Gasteiger partial charge in [-0.05, 0) is 45.6 Å². The molecule has 0 aliphatic carbocycles. The fourth-order valence-electron chi connectivity index (χ4n) is 4.04. The van der Waals surface area contributed by atoms with Gasteiger partial charge in [-0.15, -0.1) is 0 Å². The molecule has 6 heteroatoms. The van der Waals surface area contributed by atoms with Crippen molar-refractivity contribution in [3.05, 3.63) is 0 Å².